The predicted octanol–water partition coefficient (Wildman–Crippen LogP) is 2.56. The van der Waals surface area contributed by atoms with Gasteiger partial charge < -0.3 is 25.2 Å². The van der Waals surface area contributed by atoms with Gasteiger partial charge in [0.1, 0.15) is 34.0 Å². The topological polar surface area (TPSA) is 133 Å². The molecule has 1 amide bonds. The zero-order chi connectivity index (χ0) is 26.1. The molecule has 9 nitrogen and oxygen atoms in total. The van der Waals surface area contributed by atoms with Crippen LogP contribution in [0, 0.1) is 12.8 Å². The molecule has 1 saturated heterocycles. The second-order valence-electron chi connectivity index (χ2n) is 10.4. The molecule has 9 heteroatoms. The number of likely N-dealkylation sites (tertiary alicyclic amines) is 1. The number of ketones is 3. The van der Waals surface area contributed by atoms with Crippen molar-refractivity contribution in [2.75, 3.05) is 13.1 Å². The molecule has 2 fully saturated rings. The molecule has 0 aromatic heterocycles. The molecular formula is C27H30N2O7. The molecule has 3 N–H and O–H groups in total. The van der Waals surface area contributed by atoms with E-state index in [9.17, 15) is 29.4 Å². The molecule has 0 radical (unpaired) electrons. The summed E-state index contributed by atoms with van der Waals surface area (Å²) in [6, 6.07) is 0.00330. The Bertz CT molecular complexity index is 1300. The highest BCUT2D eigenvalue weighted by molar-refractivity contribution is 6.31. The number of nitrogens with zero attached hydrogens (tertiary/aromatic N) is 1. The molecule has 0 unspecified atom stereocenters. The van der Waals surface area contributed by atoms with Crippen molar-refractivity contribution >= 4 is 23.3 Å². The number of hydrogen-bond donors (Lipinski definition) is 3. The number of rotatable bonds is 4. The average molecular weight is 495 g/mol. The Kier molecular flexibility index (Phi) is 5.50. The smallest absolute Gasteiger partial charge is 0.225 e. The van der Waals surface area contributed by atoms with Gasteiger partial charge in [0.2, 0.25) is 5.91 Å². The van der Waals surface area contributed by atoms with E-state index in [1.807, 2.05) is 4.90 Å². The number of amides is 1. The zero-order valence-electron chi connectivity index (χ0n) is 20.9. The first kappa shape index (κ1) is 24.1. The number of piperidine rings is 1. The predicted molar refractivity (Wildman–Crippen MR) is 129 cm³/mol. The molecule has 0 bridgehead atoms. The number of phenolic OH excluding ortho intramolecular Hbond substituents is 2. The van der Waals surface area contributed by atoms with Crippen LogP contribution in [-0.4, -0.2) is 57.5 Å². The largest absolute Gasteiger partial charge is 0.507 e. The van der Waals surface area contributed by atoms with Gasteiger partial charge in [0, 0.05) is 42.4 Å². The van der Waals surface area contributed by atoms with E-state index in [1.54, 1.807) is 13.8 Å². The first-order chi connectivity index (χ1) is 17.0. The third kappa shape index (κ3) is 3.43. The van der Waals surface area contributed by atoms with Gasteiger partial charge in [-0.15, -0.1) is 0 Å². The molecule has 0 spiro atoms. The molecule has 1 aromatic carbocycles. The molecule has 1 saturated carbocycles. The van der Waals surface area contributed by atoms with Crippen molar-refractivity contribution in [3.05, 3.63) is 39.8 Å². The van der Waals surface area contributed by atoms with Crippen molar-refractivity contribution in [1.82, 2.24) is 10.2 Å². The van der Waals surface area contributed by atoms with Crippen molar-refractivity contribution in [2.45, 2.75) is 64.8 Å². The van der Waals surface area contributed by atoms with E-state index in [4.69, 9.17) is 4.74 Å². The Labute approximate surface area is 208 Å². The minimum absolute atomic E-state index is 0.00330. The number of carbonyl (C=O) groups excluding carboxylic acids is 4. The van der Waals surface area contributed by atoms with Gasteiger partial charge in [-0.3, -0.25) is 19.2 Å². The lowest BCUT2D eigenvalue weighted by Gasteiger charge is -2.34. The second kappa shape index (κ2) is 8.21. The van der Waals surface area contributed by atoms with Crippen LogP contribution in [0.3, 0.4) is 0 Å². The summed E-state index contributed by atoms with van der Waals surface area (Å²) in [5.41, 5.74) is -1.15. The lowest BCUT2D eigenvalue weighted by molar-refractivity contribution is -0.133. The number of aromatic hydroxyl groups is 2. The number of allylic oxidation sites excluding steroid dienone is 4. The zero-order valence-corrected chi connectivity index (χ0v) is 20.9. The molecule has 2 aliphatic carbocycles. The van der Waals surface area contributed by atoms with E-state index in [1.165, 1.54) is 19.9 Å². The van der Waals surface area contributed by atoms with E-state index in [2.05, 4.69) is 5.32 Å². The van der Waals surface area contributed by atoms with Crippen LogP contribution in [0.1, 0.15) is 67.9 Å². The summed E-state index contributed by atoms with van der Waals surface area (Å²) in [7, 11) is 0. The summed E-state index contributed by atoms with van der Waals surface area (Å²) < 4.78 is 5.80. The van der Waals surface area contributed by atoms with Crippen molar-refractivity contribution in [3.63, 3.8) is 0 Å². The first-order valence-electron chi connectivity index (χ1n) is 12.3. The minimum atomic E-state index is -1.53. The van der Waals surface area contributed by atoms with E-state index in [0.717, 1.165) is 12.8 Å². The third-order valence-corrected chi connectivity index (χ3v) is 7.91. The normalized spacial score (nSPS) is 25.1. The van der Waals surface area contributed by atoms with Crippen LogP contribution in [0.4, 0.5) is 0 Å². The summed E-state index contributed by atoms with van der Waals surface area (Å²) in [5, 5.41) is 24.7. The molecule has 1 atom stereocenters. The monoisotopic (exact) mass is 494 g/mol. The molecule has 4 aliphatic rings. The van der Waals surface area contributed by atoms with Gasteiger partial charge >= 0.3 is 0 Å². The number of phenols is 2. The summed E-state index contributed by atoms with van der Waals surface area (Å²) in [6.07, 6.45) is 4.56. The van der Waals surface area contributed by atoms with Gasteiger partial charge in [0.15, 0.2) is 17.3 Å². The average Bonchev–Trinajstić information content (AvgIpc) is 3.62. The van der Waals surface area contributed by atoms with Crippen molar-refractivity contribution in [1.29, 1.82) is 0 Å². The number of nitrogens with one attached hydrogen (secondary N) is 1. The Hall–Kier alpha value is -3.62. The maximum absolute atomic E-state index is 13.9. The Morgan fingerprint density at radius 2 is 1.72 bits per heavy atom. The summed E-state index contributed by atoms with van der Waals surface area (Å²) >= 11 is 0. The van der Waals surface area contributed by atoms with Gasteiger partial charge in [-0.1, -0.05) is 0 Å². The quantitative estimate of drug-likeness (QED) is 0.330. The lowest BCUT2D eigenvalue weighted by Crippen LogP contribution is -2.46. The number of benzene rings is 1. The molecule has 190 valence electrons. The summed E-state index contributed by atoms with van der Waals surface area (Å²) in [5.74, 6) is -2.03. The standard InChI is InChI=1S/C27H30N2O7/c1-12-22(32)20(14(3)30)24-21(23(12)33)27(4)18(36-24)11-17(31)19(25(27)34)13(2)28-16-7-9-29(10-8-16)26(35)15-5-6-15/h11,15-16,28,32-33H,5-10H2,1-4H3/t27-/m0/s1. The second-order valence-corrected chi connectivity index (χ2v) is 10.4. The fourth-order valence-corrected chi connectivity index (χ4v) is 5.57. The van der Waals surface area contributed by atoms with Crippen molar-refractivity contribution in [2.24, 2.45) is 5.92 Å². The molecular weight excluding hydrogens is 464 g/mol. The Balaban J connectivity index is 1.47. The van der Waals surface area contributed by atoms with E-state index < -0.39 is 28.5 Å². The first-order valence-corrected chi connectivity index (χ1v) is 12.3. The van der Waals surface area contributed by atoms with Crippen LogP contribution < -0.4 is 10.1 Å². The number of ether oxygens (including phenoxy) is 1. The molecule has 36 heavy (non-hydrogen) atoms. The number of hydrogen-bond acceptors (Lipinski definition) is 8. The van der Waals surface area contributed by atoms with Gasteiger partial charge in [0.05, 0.1) is 11.1 Å². The van der Waals surface area contributed by atoms with Crippen molar-refractivity contribution < 1.29 is 34.1 Å². The number of Topliss-reactive ketones (excluding diaryl/α,β-unsaturated/α-hetero) is 2. The highest BCUT2D eigenvalue weighted by Gasteiger charge is 2.56. The van der Waals surface area contributed by atoms with Crippen molar-refractivity contribution in [3.8, 4) is 17.2 Å². The Morgan fingerprint density at radius 3 is 2.31 bits per heavy atom. The van der Waals surface area contributed by atoms with Gasteiger partial charge in [0.25, 0.3) is 0 Å². The van der Waals surface area contributed by atoms with Gasteiger partial charge in [-0.25, -0.2) is 0 Å². The van der Waals surface area contributed by atoms with Gasteiger partial charge in [-0.2, -0.15) is 0 Å². The van der Waals surface area contributed by atoms with E-state index in [0.29, 0.717) is 31.6 Å². The molecule has 2 aliphatic heterocycles. The van der Waals surface area contributed by atoms with Crippen LogP contribution in [-0.2, 0) is 19.8 Å². The van der Waals surface area contributed by atoms with Crippen LogP contribution in [0.25, 0.3) is 0 Å². The molecule has 1 aromatic rings. The highest BCUT2D eigenvalue weighted by Crippen LogP contribution is 2.57. The number of fused-ring (bicyclic) bond motifs is 3. The maximum Gasteiger partial charge on any atom is 0.225 e. The maximum atomic E-state index is 13.9. The summed E-state index contributed by atoms with van der Waals surface area (Å²) in [6.45, 7) is 7.19. The van der Waals surface area contributed by atoms with Crippen LogP contribution >= 0.6 is 0 Å². The minimum Gasteiger partial charge on any atom is -0.507 e. The SMILES string of the molecule is CC(=O)c1c(O)c(C)c(O)c2c1OC1=CC(=O)C(=C(C)NC3CCN(C(=O)C4CC4)CC3)C(=O)[C@@]12C. The fourth-order valence-electron chi connectivity index (χ4n) is 5.57. The summed E-state index contributed by atoms with van der Waals surface area (Å²) in [4.78, 5) is 53.5. The van der Waals surface area contributed by atoms with E-state index in [-0.39, 0.29) is 57.4 Å². The third-order valence-electron chi connectivity index (χ3n) is 7.91. The molecule has 2 heterocycles. The van der Waals surface area contributed by atoms with Crippen LogP contribution in [0.5, 0.6) is 17.2 Å². The Morgan fingerprint density at radius 1 is 1.08 bits per heavy atom. The molecule has 5 rings (SSSR count). The number of carbonyl (C=O) groups is 4. The fraction of sp³-hybridized carbons (Fsp3) is 0.481. The highest BCUT2D eigenvalue weighted by atomic mass is 16.5. The van der Waals surface area contributed by atoms with E-state index >= 15 is 0 Å². The van der Waals surface area contributed by atoms with Crippen LogP contribution in [0.2, 0.25) is 0 Å². The van der Waals surface area contributed by atoms with Gasteiger partial charge in [-0.05, 0) is 53.4 Å². The lowest BCUT2D eigenvalue weighted by atomic mass is 9.70. The van der Waals surface area contributed by atoms with Crippen LogP contribution in [0.15, 0.2) is 23.1 Å².